The van der Waals surface area contributed by atoms with E-state index in [1.165, 1.54) is 44.9 Å². The number of hydrogen-bond acceptors (Lipinski definition) is 4. The van der Waals surface area contributed by atoms with Crippen LogP contribution in [-0.2, 0) is 19.3 Å². The molecule has 0 atom stereocenters. The molecule has 0 aliphatic heterocycles. The van der Waals surface area contributed by atoms with Crippen molar-refractivity contribution in [2.75, 3.05) is 19.8 Å². The number of unbranched alkanes of at least 4 members (excludes halogenated alkanes) is 9. The van der Waals surface area contributed by atoms with Crippen LogP contribution < -0.4 is 0 Å². The Morgan fingerprint density at radius 2 is 1.13 bits per heavy atom. The Balaban J connectivity index is -0.000000578. The van der Waals surface area contributed by atoms with Gasteiger partial charge in [0.15, 0.2) is 0 Å². The van der Waals surface area contributed by atoms with Gasteiger partial charge in [-0.15, -0.1) is 0 Å². The fourth-order valence-electron chi connectivity index (χ4n) is 1.96. The molecule has 0 radical (unpaired) electrons. The van der Waals surface area contributed by atoms with Gasteiger partial charge in [-0.1, -0.05) is 64.7 Å². The molecule has 5 nitrogen and oxygen atoms in total. The van der Waals surface area contributed by atoms with Gasteiger partial charge in [-0.3, -0.25) is 4.55 Å². The summed E-state index contributed by atoms with van der Waals surface area (Å²) in [6, 6.07) is 0. The quantitative estimate of drug-likeness (QED) is 0.281. The van der Waals surface area contributed by atoms with Gasteiger partial charge < -0.3 is 4.74 Å². The first kappa shape index (κ1) is 28.9. The molecule has 0 saturated carbocycles. The number of ether oxygens (including phenoxy) is 1. The van der Waals surface area contributed by atoms with Crippen LogP contribution in [0.2, 0.25) is 0 Å². The van der Waals surface area contributed by atoms with E-state index < -0.39 is 10.4 Å². The molecule has 0 fully saturated rings. The zero-order valence-electron chi connectivity index (χ0n) is 14.7. The van der Waals surface area contributed by atoms with E-state index >= 15 is 0 Å². The third kappa shape index (κ3) is 35.2. The average Bonchev–Trinajstić information content (AvgIpc) is 2.45. The van der Waals surface area contributed by atoms with Gasteiger partial charge >= 0.3 is 48.1 Å². The van der Waals surface area contributed by atoms with Crippen LogP contribution in [0.5, 0.6) is 0 Å². The van der Waals surface area contributed by atoms with Gasteiger partial charge in [0.05, 0.1) is 6.61 Å². The summed E-state index contributed by atoms with van der Waals surface area (Å²) in [4.78, 5) is 0. The van der Waals surface area contributed by atoms with Gasteiger partial charge in [-0.05, 0) is 20.3 Å². The second-order valence-corrected chi connectivity index (χ2v) is 6.30. The van der Waals surface area contributed by atoms with Crippen LogP contribution in [-0.4, -0.2) is 70.5 Å². The molecule has 0 aliphatic rings. The molecule has 23 heavy (non-hydrogen) atoms. The summed E-state index contributed by atoms with van der Waals surface area (Å²) in [5.74, 6) is 0. The van der Waals surface area contributed by atoms with Crippen molar-refractivity contribution in [3.05, 3.63) is 0 Å². The molecule has 0 aliphatic carbocycles. The van der Waals surface area contributed by atoms with E-state index in [4.69, 9.17) is 9.29 Å². The van der Waals surface area contributed by atoms with Crippen molar-refractivity contribution in [1.29, 1.82) is 0 Å². The van der Waals surface area contributed by atoms with Gasteiger partial charge in [0.2, 0.25) is 0 Å². The van der Waals surface area contributed by atoms with Crippen LogP contribution in [0, 0.1) is 0 Å². The molecule has 0 spiro atoms. The molecular weight excluding hydrogens is 344 g/mol. The Hall–Kier alpha value is 1.09. The first-order valence-corrected chi connectivity index (χ1v) is 10.0. The monoisotopic (exact) mass is 382 g/mol. The van der Waals surface area contributed by atoms with E-state index in [1.807, 2.05) is 13.8 Å². The van der Waals surface area contributed by atoms with Crippen molar-refractivity contribution in [2.45, 2.75) is 85.0 Å². The van der Waals surface area contributed by atoms with Gasteiger partial charge in [0.1, 0.15) is 0 Å². The molecule has 0 unspecified atom stereocenters. The summed E-state index contributed by atoms with van der Waals surface area (Å²) in [5.41, 5.74) is 0. The SMILES string of the molecule is CCCCCCCCCCCCOS(=O)(=O)O.CCOCC.[CaH2]. The summed E-state index contributed by atoms with van der Waals surface area (Å²) in [6.45, 7) is 7.98. The first-order chi connectivity index (χ1) is 10.5. The summed E-state index contributed by atoms with van der Waals surface area (Å²) in [6.07, 6.45) is 11.9. The minimum absolute atomic E-state index is 0. The molecule has 1 N–H and O–H groups in total. The zero-order valence-corrected chi connectivity index (χ0v) is 15.5. The predicted molar refractivity (Wildman–Crippen MR) is 100 cm³/mol. The van der Waals surface area contributed by atoms with Crippen molar-refractivity contribution in [3.8, 4) is 0 Å². The second kappa shape index (κ2) is 23.1. The van der Waals surface area contributed by atoms with Crippen molar-refractivity contribution in [3.63, 3.8) is 0 Å². The molecule has 140 valence electrons. The molecule has 0 rings (SSSR count). The second-order valence-electron chi connectivity index (χ2n) is 5.21. The molecule has 0 saturated heterocycles. The average molecular weight is 383 g/mol. The third-order valence-electron chi connectivity index (χ3n) is 3.14. The maximum atomic E-state index is 10.2. The van der Waals surface area contributed by atoms with Crippen molar-refractivity contribution >= 4 is 48.1 Å². The molecule has 0 bridgehead atoms. The number of rotatable bonds is 14. The Morgan fingerprint density at radius 3 is 1.43 bits per heavy atom. The van der Waals surface area contributed by atoms with Gasteiger partial charge in [0, 0.05) is 13.2 Å². The van der Waals surface area contributed by atoms with Crippen LogP contribution in [0.4, 0.5) is 0 Å². The van der Waals surface area contributed by atoms with E-state index in [-0.39, 0.29) is 44.3 Å². The third-order valence-corrected chi connectivity index (χ3v) is 3.60. The summed E-state index contributed by atoms with van der Waals surface area (Å²) in [7, 11) is -4.23. The molecule has 0 amide bonds. The van der Waals surface area contributed by atoms with Crippen molar-refractivity contribution in [2.24, 2.45) is 0 Å². The van der Waals surface area contributed by atoms with Crippen LogP contribution in [0.3, 0.4) is 0 Å². The fourth-order valence-corrected chi connectivity index (χ4v) is 2.29. The van der Waals surface area contributed by atoms with Crippen LogP contribution in [0.25, 0.3) is 0 Å². The Labute approximate surface area is 173 Å². The van der Waals surface area contributed by atoms with Gasteiger partial charge in [-0.2, -0.15) is 8.42 Å². The summed E-state index contributed by atoms with van der Waals surface area (Å²) < 4.78 is 37.8. The fraction of sp³-hybridized carbons (Fsp3) is 1.00. The van der Waals surface area contributed by atoms with E-state index in [0.29, 0.717) is 6.42 Å². The van der Waals surface area contributed by atoms with E-state index in [0.717, 1.165) is 26.1 Å². The normalized spacial score (nSPS) is 10.6. The van der Waals surface area contributed by atoms with Crippen LogP contribution >= 0.6 is 0 Å². The minimum atomic E-state index is -4.23. The van der Waals surface area contributed by atoms with Gasteiger partial charge in [0.25, 0.3) is 0 Å². The topological polar surface area (TPSA) is 72.8 Å². The standard InChI is InChI=1S/C12H26O4S.C4H10O.Ca.2H/c1-2-3-4-5-6-7-8-9-10-11-12-16-17(13,14)15;1-3-5-4-2;;;/h2-12H2,1H3,(H,13,14,15);3-4H2,1-2H3;;;. The maximum absolute atomic E-state index is 10.2. The molecule has 7 heteroatoms. The van der Waals surface area contributed by atoms with Crippen LogP contribution in [0.15, 0.2) is 0 Å². The van der Waals surface area contributed by atoms with E-state index in [9.17, 15) is 8.42 Å². The molecule has 0 aromatic carbocycles. The van der Waals surface area contributed by atoms with Crippen LogP contribution in [0.1, 0.15) is 85.0 Å². The molecule has 0 aromatic heterocycles. The van der Waals surface area contributed by atoms with Crippen molar-refractivity contribution < 1.29 is 21.9 Å². The summed E-state index contributed by atoms with van der Waals surface area (Å²) >= 11 is 0. The van der Waals surface area contributed by atoms with E-state index in [1.54, 1.807) is 0 Å². The Bertz CT molecular complexity index is 295. The van der Waals surface area contributed by atoms with Crippen molar-refractivity contribution in [1.82, 2.24) is 0 Å². The Kier molecular flexibility index (Phi) is 29.0. The van der Waals surface area contributed by atoms with Gasteiger partial charge in [-0.25, -0.2) is 4.18 Å². The van der Waals surface area contributed by atoms with E-state index in [2.05, 4.69) is 11.1 Å². The zero-order chi connectivity index (χ0) is 17.1. The molecular formula is C16H38CaO5S. The Morgan fingerprint density at radius 1 is 0.739 bits per heavy atom. The predicted octanol–water partition coefficient (Wildman–Crippen LogP) is 3.85. The molecule has 0 heterocycles. The molecule has 0 aromatic rings. The number of hydrogen-bond donors (Lipinski definition) is 1. The first-order valence-electron chi connectivity index (χ1n) is 8.67. The summed E-state index contributed by atoms with van der Waals surface area (Å²) in [5, 5.41) is 0.